The number of hydrogen-bond acceptors (Lipinski definition) is 6. The third kappa shape index (κ3) is 8.93. The summed E-state index contributed by atoms with van der Waals surface area (Å²) in [6.07, 6.45) is -2.91. The molecule has 0 atom stereocenters. The fourth-order valence-electron chi connectivity index (χ4n) is 2.91. The minimum absolute atomic E-state index is 0. The van der Waals surface area contributed by atoms with Crippen molar-refractivity contribution in [2.45, 2.75) is 18.9 Å². The topological polar surface area (TPSA) is 94.3 Å². The minimum atomic E-state index is -4.24. The number of likely N-dealkylation sites (N-methyl/N-ethyl adjacent to an activating group) is 1. The third-order valence-corrected chi connectivity index (χ3v) is 6.09. The van der Waals surface area contributed by atoms with Crippen molar-refractivity contribution in [2.24, 2.45) is 4.99 Å². The highest BCUT2D eigenvalue weighted by molar-refractivity contribution is 14.0. The lowest BCUT2D eigenvalue weighted by atomic mass is 10.4. The van der Waals surface area contributed by atoms with E-state index in [9.17, 15) is 21.6 Å². The molecular weight excluding hydrogens is 540 g/mol. The van der Waals surface area contributed by atoms with Crippen LogP contribution in [0.4, 0.5) is 13.2 Å². The standard InChI is InChI=1S/C16H27F3N6O3S.HI/c1-3-20-15(21-5-6-23(2)13-16(17,18)19)24-7-9-25(10-8-24)29(26,27)12-14-4-11-28-22-14;/h4,11H,3,5-10,12-13H2,1-2H3,(H,20,21);1H. The number of guanidine groups is 1. The van der Waals surface area contributed by atoms with Crippen LogP contribution in [0.5, 0.6) is 0 Å². The molecule has 1 saturated heterocycles. The smallest absolute Gasteiger partial charge is 0.364 e. The van der Waals surface area contributed by atoms with Crippen LogP contribution in [-0.2, 0) is 15.8 Å². The highest BCUT2D eigenvalue weighted by Crippen LogP contribution is 2.15. The van der Waals surface area contributed by atoms with E-state index >= 15 is 0 Å². The van der Waals surface area contributed by atoms with E-state index in [2.05, 4.69) is 20.0 Å². The molecule has 0 saturated carbocycles. The SMILES string of the molecule is CCNC(=NCCN(C)CC(F)(F)F)N1CCN(S(=O)(=O)Cc2ccon2)CC1.I. The second-order valence-electron chi connectivity index (χ2n) is 6.72. The Balaban J connectivity index is 0.00000450. The Morgan fingerprint density at radius 3 is 2.53 bits per heavy atom. The molecule has 14 heteroatoms. The van der Waals surface area contributed by atoms with Crippen molar-refractivity contribution in [3.8, 4) is 0 Å². The van der Waals surface area contributed by atoms with Gasteiger partial charge in [-0.1, -0.05) is 5.16 Å². The van der Waals surface area contributed by atoms with Crippen molar-refractivity contribution in [1.29, 1.82) is 0 Å². The highest BCUT2D eigenvalue weighted by Gasteiger charge is 2.30. The number of nitrogens with one attached hydrogen (secondary N) is 1. The molecule has 174 valence electrons. The molecule has 30 heavy (non-hydrogen) atoms. The van der Waals surface area contributed by atoms with Crippen molar-refractivity contribution >= 4 is 40.0 Å². The first-order valence-corrected chi connectivity index (χ1v) is 10.9. The predicted molar refractivity (Wildman–Crippen MR) is 117 cm³/mol. The van der Waals surface area contributed by atoms with Gasteiger partial charge in [0, 0.05) is 45.3 Å². The van der Waals surface area contributed by atoms with Crippen molar-refractivity contribution in [1.82, 2.24) is 24.6 Å². The molecule has 0 amide bonds. The number of halogens is 4. The molecular formula is C16H28F3IN6O3S. The summed E-state index contributed by atoms with van der Waals surface area (Å²) in [5, 5.41) is 6.75. The number of alkyl halides is 3. The fraction of sp³-hybridized carbons (Fsp3) is 0.750. The van der Waals surface area contributed by atoms with Crippen LogP contribution in [0, 0.1) is 0 Å². The first kappa shape index (κ1) is 26.9. The van der Waals surface area contributed by atoms with Crippen LogP contribution in [0.25, 0.3) is 0 Å². The lowest BCUT2D eigenvalue weighted by Gasteiger charge is -2.35. The fourth-order valence-corrected chi connectivity index (χ4v) is 4.33. The molecule has 2 heterocycles. The molecule has 0 spiro atoms. The average Bonchev–Trinajstić information content (AvgIpc) is 3.12. The van der Waals surface area contributed by atoms with Crippen LogP contribution in [0.15, 0.2) is 21.8 Å². The summed E-state index contributed by atoms with van der Waals surface area (Å²) < 4.78 is 68.3. The lowest BCUT2D eigenvalue weighted by molar-refractivity contribution is -0.142. The summed E-state index contributed by atoms with van der Waals surface area (Å²) in [7, 11) is -2.11. The predicted octanol–water partition coefficient (Wildman–Crippen LogP) is 1.20. The molecule has 9 nitrogen and oxygen atoms in total. The van der Waals surface area contributed by atoms with Crippen molar-refractivity contribution in [3.63, 3.8) is 0 Å². The molecule has 1 N–H and O–H groups in total. The zero-order valence-electron chi connectivity index (χ0n) is 16.9. The van der Waals surface area contributed by atoms with E-state index < -0.39 is 22.7 Å². The molecule has 1 aromatic heterocycles. The monoisotopic (exact) mass is 568 g/mol. The van der Waals surface area contributed by atoms with Crippen molar-refractivity contribution in [2.75, 3.05) is 59.4 Å². The van der Waals surface area contributed by atoms with Crippen LogP contribution in [-0.4, -0.2) is 99.2 Å². The second-order valence-corrected chi connectivity index (χ2v) is 8.69. The van der Waals surface area contributed by atoms with Gasteiger partial charge in [-0.15, -0.1) is 24.0 Å². The molecule has 2 rings (SSSR count). The van der Waals surface area contributed by atoms with E-state index in [1.54, 1.807) is 0 Å². The first-order chi connectivity index (χ1) is 13.6. The maximum atomic E-state index is 12.5. The Hall–Kier alpha value is -1.13. The Bertz CT molecular complexity index is 753. The summed E-state index contributed by atoms with van der Waals surface area (Å²) in [4.78, 5) is 7.47. The van der Waals surface area contributed by atoms with Gasteiger partial charge < -0.3 is 14.7 Å². The van der Waals surface area contributed by atoms with Gasteiger partial charge in [0.15, 0.2) is 5.96 Å². The lowest BCUT2D eigenvalue weighted by Crippen LogP contribution is -2.54. The molecule has 1 aliphatic rings. The Kier molecular flexibility index (Phi) is 10.8. The molecule has 1 fully saturated rings. The van der Waals surface area contributed by atoms with E-state index in [4.69, 9.17) is 0 Å². The minimum Gasteiger partial charge on any atom is -0.364 e. The van der Waals surface area contributed by atoms with Gasteiger partial charge in [0.2, 0.25) is 10.0 Å². The van der Waals surface area contributed by atoms with Crippen LogP contribution < -0.4 is 5.32 Å². The summed E-state index contributed by atoms with van der Waals surface area (Å²) in [5.41, 5.74) is 0.352. The molecule has 0 aliphatic carbocycles. The molecule has 1 aliphatic heterocycles. The van der Waals surface area contributed by atoms with Gasteiger partial charge in [0.1, 0.15) is 12.0 Å². The Morgan fingerprint density at radius 1 is 1.33 bits per heavy atom. The van der Waals surface area contributed by atoms with Crippen LogP contribution >= 0.6 is 24.0 Å². The number of hydrogen-bond donors (Lipinski definition) is 1. The maximum absolute atomic E-state index is 12.5. The van der Waals surface area contributed by atoms with E-state index in [1.165, 1.54) is 28.6 Å². The number of piperazine rings is 1. The summed E-state index contributed by atoms with van der Waals surface area (Å²) in [6.45, 7) is 3.33. The van der Waals surface area contributed by atoms with Crippen LogP contribution in [0.3, 0.4) is 0 Å². The zero-order valence-corrected chi connectivity index (χ0v) is 20.1. The Labute approximate surface area is 191 Å². The number of nitrogens with zero attached hydrogens (tertiary/aromatic N) is 5. The van der Waals surface area contributed by atoms with Gasteiger partial charge in [-0.05, 0) is 14.0 Å². The van der Waals surface area contributed by atoms with E-state index in [0.717, 1.165) is 0 Å². The largest absolute Gasteiger partial charge is 0.401 e. The van der Waals surface area contributed by atoms with Gasteiger partial charge in [-0.25, -0.2) is 8.42 Å². The molecule has 1 aromatic rings. The molecule has 0 radical (unpaired) electrons. The van der Waals surface area contributed by atoms with Crippen LogP contribution in [0.1, 0.15) is 12.6 Å². The van der Waals surface area contributed by atoms with Gasteiger partial charge in [-0.3, -0.25) is 9.89 Å². The number of aromatic nitrogens is 1. The quantitative estimate of drug-likeness (QED) is 0.286. The molecule has 0 unspecified atom stereocenters. The van der Waals surface area contributed by atoms with Gasteiger partial charge in [0.05, 0.1) is 18.8 Å². The molecule has 0 bridgehead atoms. The number of aliphatic imine (C=N–C) groups is 1. The summed E-state index contributed by atoms with van der Waals surface area (Å²) >= 11 is 0. The summed E-state index contributed by atoms with van der Waals surface area (Å²) in [5.74, 6) is 0.352. The third-order valence-electron chi connectivity index (χ3n) is 4.28. The second kappa shape index (κ2) is 12.0. The van der Waals surface area contributed by atoms with E-state index in [0.29, 0.717) is 44.4 Å². The zero-order chi connectivity index (χ0) is 21.5. The maximum Gasteiger partial charge on any atom is 0.401 e. The average molecular weight is 568 g/mol. The van der Waals surface area contributed by atoms with Crippen LogP contribution in [0.2, 0.25) is 0 Å². The Morgan fingerprint density at radius 2 is 2.00 bits per heavy atom. The van der Waals surface area contributed by atoms with Crippen molar-refractivity contribution in [3.05, 3.63) is 18.0 Å². The number of rotatable bonds is 8. The normalized spacial score (nSPS) is 16.6. The highest BCUT2D eigenvalue weighted by atomic mass is 127. The summed E-state index contributed by atoms with van der Waals surface area (Å²) in [6, 6.07) is 1.51. The van der Waals surface area contributed by atoms with Gasteiger partial charge >= 0.3 is 6.18 Å². The van der Waals surface area contributed by atoms with Gasteiger partial charge in [-0.2, -0.15) is 17.5 Å². The first-order valence-electron chi connectivity index (χ1n) is 9.26. The molecule has 0 aromatic carbocycles. The van der Waals surface area contributed by atoms with Gasteiger partial charge in [0.25, 0.3) is 0 Å². The number of sulfonamides is 1. The van der Waals surface area contributed by atoms with E-state index in [1.807, 2.05) is 11.8 Å². The van der Waals surface area contributed by atoms with E-state index in [-0.39, 0.29) is 42.8 Å². The van der Waals surface area contributed by atoms with Crippen molar-refractivity contribution < 1.29 is 26.1 Å².